The molecule has 0 spiro atoms. The number of piperazine rings is 1. The second kappa shape index (κ2) is 8.79. The maximum Gasteiger partial charge on any atom is 0.240 e. The molecule has 7 nitrogen and oxygen atoms in total. The number of anilines is 2. The Morgan fingerprint density at radius 3 is 2.42 bits per heavy atom. The van der Waals surface area contributed by atoms with Crippen LogP contribution in [0.4, 0.5) is 10.9 Å². The number of nitrogens with one attached hydrogen (secondary N) is 1. The Morgan fingerprint density at radius 1 is 0.935 bits per heavy atom. The molecule has 4 aromatic rings. The molecule has 1 fully saturated rings. The molecule has 1 saturated heterocycles. The number of carbonyl (C=O) groups excluding carboxylic acids is 1. The second-order valence-corrected chi connectivity index (χ2v) is 8.33. The highest BCUT2D eigenvalue weighted by molar-refractivity contribution is 7.13. The number of nitrogens with zero attached hydrogens (tertiary/aromatic N) is 5. The predicted molar refractivity (Wildman–Crippen MR) is 124 cm³/mol. The summed E-state index contributed by atoms with van der Waals surface area (Å²) in [5.74, 6) is 0.878. The van der Waals surface area contributed by atoms with Gasteiger partial charge in [-0.1, -0.05) is 54.6 Å². The van der Waals surface area contributed by atoms with E-state index in [4.69, 9.17) is 0 Å². The topological polar surface area (TPSA) is 74.2 Å². The standard InChI is InChI=1S/C23H22N6OS/c30-20(25-23-24-10-15-31-23)16-28-11-13-29(14-12-28)22-19-9-5-4-8-18(19)21(26-27-22)17-6-2-1-3-7-17/h1-10,15H,11-14,16H2,(H,24,25,30). The number of benzene rings is 2. The van der Waals surface area contributed by atoms with Gasteiger partial charge >= 0.3 is 0 Å². The maximum absolute atomic E-state index is 12.3. The molecule has 8 heteroatoms. The van der Waals surface area contributed by atoms with E-state index in [0.717, 1.165) is 54.0 Å². The van der Waals surface area contributed by atoms with Crippen molar-refractivity contribution in [1.29, 1.82) is 0 Å². The van der Waals surface area contributed by atoms with Gasteiger partial charge in [-0.15, -0.1) is 21.5 Å². The number of thiazole rings is 1. The SMILES string of the molecule is O=C(CN1CCN(c2nnc(-c3ccccc3)c3ccccc23)CC1)Nc1nccs1. The van der Waals surface area contributed by atoms with Crippen LogP contribution in [0.25, 0.3) is 22.0 Å². The molecular formula is C23H22N6OS. The monoisotopic (exact) mass is 430 g/mol. The first kappa shape index (κ1) is 19.6. The normalized spacial score (nSPS) is 14.6. The molecule has 2 aromatic carbocycles. The molecule has 3 heterocycles. The van der Waals surface area contributed by atoms with Crippen LogP contribution in [0.15, 0.2) is 66.2 Å². The van der Waals surface area contributed by atoms with Gasteiger partial charge in [0.05, 0.1) is 6.54 Å². The van der Waals surface area contributed by atoms with Gasteiger partial charge in [-0.3, -0.25) is 9.69 Å². The predicted octanol–water partition coefficient (Wildman–Crippen LogP) is 3.51. The maximum atomic E-state index is 12.3. The van der Waals surface area contributed by atoms with Crippen molar-refractivity contribution in [3.05, 3.63) is 66.2 Å². The van der Waals surface area contributed by atoms with Crippen LogP contribution in [0.2, 0.25) is 0 Å². The molecule has 1 aliphatic rings. The summed E-state index contributed by atoms with van der Waals surface area (Å²) >= 11 is 1.43. The summed E-state index contributed by atoms with van der Waals surface area (Å²) in [4.78, 5) is 20.8. The highest BCUT2D eigenvalue weighted by Gasteiger charge is 2.22. The lowest BCUT2D eigenvalue weighted by molar-refractivity contribution is -0.117. The Hall–Kier alpha value is -3.36. The van der Waals surface area contributed by atoms with Gasteiger partial charge in [-0.25, -0.2) is 4.98 Å². The lowest BCUT2D eigenvalue weighted by Gasteiger charge is -2.35. The van der Waals surface area contributed by atoms with Crippen molar-refractivity contribution in [2.24, 2.45) is 0 Å². The largest absolute Gasteiger partial charge is 0.352 e. The average Bonchev–Trinajstić information content (AvgIpc) is 3.32. The van der Waals surface area contributed by atoms with Crippen molar-refractivity contribution in [1.82, 2.24) is 20.1 Å². The van der Waals surface area contributed by atoms with Gasteiger partial charge in [0.2, 0.25) is 5.91 Å². The quantitative estimate of drug-likeness (QED) is 0.522. The molecule has 0 unspecified atom stereocenters. The molecule has 1 N–H and O–H groups in total. The summed E-state index contributed by atoms with van der Waals surface area (Å²) in [7, 11) is 0. The van der Waals surface area contributed by atoms with Gasteiger partial charge < -0.3 is 10.2 Å². The lowest BCUT2D eigenvalue weighted by Crippen LogP contribution is -2.49. The molecule has 0 bridgehead atoms. The fourth-order valence-electron chi connectivity index (χ4n) is 3.90. The van der Waals surface area contributed by atoms with E-state index in [0.29, 0.717) is 11.7 Å². The highest BCUT2D eigenvalue weighted by Crippen LogP contribution is 2.31. The first-order chi connectivity index (χ1) is 15.3. The molecule has 0 atom stereocenters. The van der Waals surface area contributed by atoms with Crippen molar-refractivity contribution in [2.75, 3.05) is 42.9 Å². The van der Waals surface area contributed by atoms with Crippen LogP contribution in [0.5, 0.6) is 0 Å². The first-order valence-electron chi connectivity index (χ1n) is 10.3. The van der Waals surface area contributed by atoms with Gasteiger partial charge in [0, 0.05) is 54.1 Å². The van der Waals surface area contributed by atoms with E-state index in [2.05, 4.69) is 54.6 Å². The molecule has 31 heavy (non-hydrogen) atoms. The van der Waals surface area contributed by atoms with E-state index in [1.165, 1.54) is 11.3 Å². The number of aromatic nitrogens is 3. The molecular weight excluding hydrogens is 408 g/mol. The second-order valence-electron chi connectivity index (χ2n) is 7.43. The van der Waals surface area contributed by atoms with Crippen molar-refractivity contribution in [3.63, 3.8) is 0 Å². The fourth-order valence-corrected chi connectivity index (χ4v) is 4.44. The number of rotatable bonds is 5. The summed E-state index contributed by atoms with van der Waals surface area (Å²) in [6.07, 6.45) is 1.69. The van der Waals surface area contributed by atoms with Crippen LogP contribution in [0.3, 0.4) is 0 Å². The van der Waals surface area contributed by atoms with Crippen LogP contribution in [0.1, 0.15) is 0 Å². The molecule has 1 amide bonds. The van der Waals surface area contributed by atoms with Crippen LogP contribution in [-0.2, 0) is 4.79 Å². The van der Waals surface area contributed by atoms with Gasteiger partial charge in [0.15, 0.2) is 10.9 Å². The van der Waals surface area contributed by atoms with E-state index in [-0.39, 0.29) is 5.91 Å². The fraction of sp³-hybridized carbons (Fsp3) is 0.217. The third-order valence-corrected chi connectivity index (χ3v) is 6.12. The van der Waals surface area contributed by atoms with Crippen molar-refractivity contribution < 1.29 is 4.79 Å². The van der Waals surface area contributed by atoms with Crippen LogP contribution in [0, 0.1) is 0 Å². The Kier molecular flexibility index (Phi) is 5.56. The zero-order chi connectivity index (χ0) is 21.0. The first-order valence-corrected chi connectivity index (χ1v) is 11.1. The smallest absolute Gasteiger partial charge is 0.240 e. The molecule has 2 aromatic heterocycles. The van der Waals surface area contributed by atoms with E-state index in [9.17, 15) is 4.79 Å². The number of hydrogen-bond acceptors (Lipinski definition) is 7. The van der Waals surface area contributed by atoms with E-state index in [1.54, 1.807) is 6.20 Å². The van der Waals surface area contributed by atoms with Crippen molar-refractivity contribution in [3.8, 4) is 11.3 Å². The Labute approximate surface area is 184 Å². The Morgan fingerprint density at radius 2 is 1.68 bits per heavy atom. The lowest BCUT2D eigenvalue weighted by atomic mass is 10.0. The summed E-state index contributed by atoms with van der Waals surface area (Å²) in [6.45, 7) is 3.55. The highest BCUT2D eigenvalue weighted by atomic mass is 32.1. The van der Waals surface area contributed by atoms with Gasteiger partial charge in [-0.2, -0.15) is 0 Å². The minimum absolute atomic E-state index is 0.0270. The summed E-state index contributed by atoms with van der Waals surface area (Å²) in [5.41, 5.74) is 1.96. The Bertz CT molecular complexity index is 1170. The molecule has 0 aliphatic carbocycles. The van der Waals surface area contributed by atoms with E-state index >= 15 is 0 Å². The third-order valence-electron chi connectivity index (χ3n) is 5.43. The molecule has 0 saturated carbocycles. The number of fused-ring (bicyclic) bond motifs is 1. The Balaban J connectivity index is 1.30. The number of hydrogen-bond donors (Lipinski definition) is 1. The third kappa shape index (κ3) is 4.26. The average molecular weight is 431 g/mol. The molecule has 0 radical (unpaired) electrons. The minimum atomic E-state index is -0.0270. The van der Waals surface area contributed by atoms with Gasteiger partial charge in [0.25, 0.3) is 0 Å². The van der Waals surface area contributed by atoms with Gasteiger partial charge in [0.1, 0.15) is 5.69 Å². The molecule has 156 valence electrons. The zero-order valence-corrected chi connectivity index (χ0v) is 17.8. The number of carbonyl (C=O) groups is 1. The van der Waals surface area contributed by atoms with Crippen molar-refractivity contribution >= 4 is 39.0 Å². The minimum Gasteiger partial charge on any atom is -0.352 e. The van der Waals surface area contributed by atoms with E-state index in [1.807, 2.05) is 35.7 Å². The van der Waals surface area contributed by atoms with Gasteiger partial charge in [-0.05, 0) is 0 Å². The zero-order valence-electron chi connectivity index (χ0n) is 16.9. The summed E-state index contributed by atoms with van der Waals surface area (Å²) in [5, 5.41) is 16.7. The number of amides is 1. The van der Waals surface area contributed by atoms with Crippen LogP contribution < -0.4 is 10.2 Å². The molecule has 5 rings (SSSR count). The van der Waals surface area contributed by atoms with Crippen molar-refractivity contribution in [2.45, 2.75) is 0 Å². The van der Waals surface area contributed by atoms with Crippen LogP contribution in [-0.4, -0.2) is 58.7 Å². The summed E-state index contributed by atoms with van der Waals surface area (Å²) < 4.78 is 0. The summed E-state index contributed by atoms with van der Waals surface area (Å²) in [6, 6.07) is 18.5. The van der Waals surface area contributed by atoms with Crippen LogP contribution >= 0.6 is 11.3 Å². The molecule has 1 aliphatic heterocycles. The van der Waals surface area contributed by atoms with E-state index < -0.39 is 0 Å².